The number of aromatic nitrogens is 2. The SMILES string of the molecule is CC1Cn2cc(C3(C(F)F)C=CC=CC3F)nc2C(OC(N)=O)=N1. The lowest BCUT2D eigenvalue weighted by Gasteiger charge is -2.31. The summed E-state index contributed by atoms with van der Waals surface area (Å²) in [5.74, 6) is -0.0975. The van der Waals surface area contributed by atoms with Crippen LogP contribution in [0.15, 0.2) is 35.5 Å². The van der Waals surface area contributed by atoms with Crippen molar-refractivity contribution in [3.05, 3.63) is 42.0 Å². The van der Waals surface area contributed by atoms with Gasteiger partial charge in [0.1, 0.15) is 11.6 Å². The Kier molecular flexibility index (Phi) is 3.94. The summed E-state index contributed by atoms with van der Waals surface area (Å²) in [6, 6.07) is -0.278. The minimum atomic E-state index is -3.01. The maximum atomic E-state index is 14.4. The Labute approximate surface area is 135 Å². The number of carbonyl (C=O) groups is 1. The smallest absolute Gasteiger partial charge is 0.388 e. The second-order valence-electron chi connectivity index (χ2n) is 5.69. The van der Waals surface area contributed by atoms with Crippen LogP contribution in [0.25, 0.3) is 0 Å². The van der Waals surface area contributed by atoms with Gasteiger partial charge in [-0.2, -0.15) is 0 Å². The number of nitrogens with zero attached hydrogens (tertiary/aromatic N) is 3. The van der Waals surface area contributed by atoms with Gasteiger partial charge in [0, 0.05) is 12.7 Å². The van der Waals surface area contributed by atoms with Crippen LogP contribution in [0.1, 0.15) is 18.4 Å². The highest BCUT2D eigenvalue weighted by molar-refractivity contribution is 5.98. The molecule has 0 saturated carbocycles. The number of imidazole rings is 1. The quantitative estimate of drug-likeness (QED) is 0.895. The Hall–Kier alpha value is -2.58. The van der Waals surface area contributed by atoms with Gasteiger partial charge in [0.2, 0.25) is 0 Å². The van der Waals surface area contributed by atoms with Gasteiger partial charge in [-0.05, 0) is 13.0 Å². The maximum absolute atomic E-state index is 14.4. The van der Waals surface area contributed by atoms with Crippen LogP contribution >= 0.6 is 0 Å². The molecule has 2 heterocycles. The first kappa shape index (κ1) is 16.3. The number of amides is 1. The van der Waals surface area contributed by atoms with Crippen molar-refractivity contribution >= 4 is 12.0 Å². The van der Waals surface area contributed by atoms with Crippen LogP contribution in [0.4, 0.5) is 18.0 Å². The molecule has 1 aromatic heterocycles. The van der Waals surface area contributed by atoms with Gasteiger partial charge in [-0.1, -0.05) is 18.2 Å². The zero-order chi connectivity index (χ0) is 17.5. The van der Waals surface area contributed by atoms with Gasteiger partial charge in [-0.15, -0.1) is 0 Å². The average Bonchev–Trinajstić information content (AvgIpc) is 2.91. The van der Waals surface area contributed by atoms with E-state index >= 15 is 0 Å². The Morgan fingerprint density at radius 1 is 1.50 bits per heavy atom. The predicted octanol–water partition coefficient (Wildman–Crippen LogP) is 2.09. The third kappa shape index (κ3) is 2.49. The highest BCUT2D eigenvalue weighted by Gasteiger charge is 2.49. The molecule has 3 unspecified atom stereocenters. The number of carbonyl (C=O) groups excluding carboxylic acids is 1. The van der Waals surface area contributed by atoms with E-state index < -0.39 is 24.1 Å². The third-order valence-electron chi connectivity index (χ3n) is 3.99. The second-order valence-corrected chi connectivity index (χ2v) is 5.69. The van der Waals surface area contributed by atoms with Gasteiger partial charge in [0.15, 0.2) is 5.82 Å². The Bertz CT molecular complexity index is 756. The van der Waals surface area contributed by atoms with Gasteiger partial charge >= 0.3 is 6.09 Å². The number of ether oxygens (including phenoxy) is 1. The summed E-state index contributed by atoms with van der Waals surface area (Å²) in [5.41, 5.74) is 2.64. The van der Waals surface area contributed by atoms with E-state index in [0.717, 1.165) is 12.2 Å². The van der Waals surface area contributed by atoms with E-state index in [1.54, 1.807) is 6.92 Å². The molecule has 128 valence electrons. The molecule has 2 N–H and O–H groups in total. The Balaban J connectivity index is 2.09. The topological polar surface area (TPSA) is 82.5 Å². The fourth-order valence-corrected chi connectivity index (χ4v) is 2.84. The molecule has 1 amide bonds. The van der Waals surface area contributed by atoms with E-state index in [0.29, 0.717) is 6.54 Å². The van der Waals surface area contributed by atoms with Crippen molar-refractivity contribution in [3.8, 4) is 0 Å². The number of fused-ring (bicyclic) bond motifs is 1. The molecule has 2 aliphatic rings. The summed E-state index contributed by atoms with van der Waals surface area (Å²) in [7, 11) is 0. The first-order valence-electron chi connectivity index (χ1n) is 7.26. The molecule has 6 nitrogen and oxygen atoms in total. The Morgan fingerprint density at radius 2 is 2.25 bits per heavy atom. The first-order valence-corrected chi connectivity index (χ1v) is 7.26. The van der Waals surface area contributed by atoms with Crippen LogP contribution in [0, 0.1) is 0 Å². The number of hydrogen-bond donors (Lipinski definition) is 1. The summed E-state index contributed by atoms with van der Waals surface area (Å²) in [6.07, 6.45) is 0.187. The predicted molar refractivity (Wildman–Crippen MR) is 79.8 cm³/mol. The van der Waals surface area contributed by atoms with Gasteiger partial charge < -0.3 is 15.0 Å². The zero-order valence-electron chi connectivity index (χ0n) is 12.7. The highest BCUT2D eigenvalue weighted by Crippen LogP contribution is 2.40. The molecule has 0 fully saturated rings. The molecular weight excluding hydrogens is 325 g/mol. The van der Waals surface area contributed by atoms with Crippen LogP contribution in [0.3, 0.4) is 0 Å². The molecule has 3 rings (SSSR count). The van der Waals surface area contributed by atoms with Crippen molar-refractivity contribution in [1.82, 2.24) is 9.55 Å². The summed E-state index contributed by atoms with van der Waals surface area (Å²) in [6.45, 7) is 2.08. The molecule has 24 heavy (non-hydrogen) atoms. The number of aliphatic imine (C=N–C) groups is 1. The minimum Gasteiger partial charge on any atom is -0.388 e. The molecule has 0 saturated heterocycles. The van der Waals surface area contributed by atoms with Crippen molar-refractivity contribution in [2.24, 2.45) is 10.7 Å². The lowest BCUT2D eigenvalue weighted by atomic mass is 9.77. The van der Waals surface area contributed by atoms with Gasteiger partial charge in [0.25, 0.3) is 12.3 Å². The standard InChI is InChI=1S/C15H15F3N4O2/c1-8-6-22-7-10(21-11(22)12(20-8)24-14(19)23)15(13(17)18)5-3-2-4-9(15)16/h2-5,7-9,13H,6H2,1H3,(H2,19,23). The molecule has 0 radical (unpaired) electrons. The average molecular weight is 340 g/mol. The second kappa shape index (κ2) is 5.81. The Morgan fingerprint density at radius 3 is 2.88 bits per heavy atom. The summed E-state index contributed by atoms with van der Waals surface area (Å²) >= 11 is 0. The van der Waals surface area contributed by atoms with E-state index in [4.69, 9.17) is 10.5 Å². The van der Waals surface area contributed by atoms with E-state index in [-0.39, 0.29) is 23.5 Å². The minimum absolute atomic E-state index is 0.0667. The molecule has 3 atom stereocenters. The van der Waals surface area contributed by atoms with E-state index in [1.807, 2.05) is 0 Å². The van der Waals surface area contributed by atoms with Crippen LogP contribution in [0.5, 0.6) is 0 Å². The fraction of sp³-hybridized carbons (Fsp3) is 0.400. The molecule has 9 heteroatoms. The normalized spacial score (nSPS) is 28.6. The number of nitrogens with two attached hydrogens (primary N) is 1. The lowest BCUT2D eigenvalue weighted by molar-refractivity contribution is 0.0375. The van der Waals surface area contributed by atoms with Crippen LogP contribution in [-0.4, -0.2) is 40.2 Å². The summed E-state index contributed by atoms with van der Waals surface area (Å²) in [4.78, 5) is 19.2. The number of allylic oxidation sites excluding steroid dienone is 4. The van der Waals surface area contributed by atoms with Gasteiger partial charge in [-0.25, -0.2) is 27.9 Å². The number of alkyl halides is 3. The summed E-state index contributed by atoms with van der Waals surface area (Å²) < 4.78 is 48.2. The monoisotopic (exact) mass is 340 g/mol. The largest absolute Gasteiger partial charge is 0.411 e. The number of primary amides is 1. The summed E-state index contributed by atoms with van der Waals surface area (Å²) in [5, 5.41) is 0. The van der Waals surface area contributed by atoms with Crippen molar-refractivity contribution in [1.29, 1.82) is 0 Å². The van der Waals surface area contributed by atoms with Crippen molar-refractivity contribution in [2.45, 2.75) is 37.5 Å². The molecule has 1 aliphatic carbocycles. The van der Waals surface area contributed by atoms with Crippen molar-refractivity contribution in [2.75, 3.05) is 0 Å². The molecular formula is C15H15F3N4O2. The number of rotatable bonds is 2. The van der Waals surface area contributed by atoms with Crippen LogP contribution < -0.4 is 5.73 Å². The number of halogens is 3. The van der Waals surface area contributed by atoms with E-state index in [2.05, 4.69) is 9.98 Å². The fourth-order valence-electron chi connectivity index (χ4n) is 2.84. The molecule has 0 aromatic carbocycles. The number of hydrogen-bond acceptors (Lipinski definition) is 4. The first-order chi connectivity index (χ1) is 11.3. The maximum Gasteiger partial charge on any atom is 0.411 e. The van der Waals surface area contributed by atoms with Crippen molar-refractivity contribution < 1.29 is 22.7 Å². The lowest BCUT2D eigenvalue weighted by Crippen LogP contribution is -2.42. The van der Waals surface area contributed by atoms with Crippen molar-refractivity contribution in [3.63, 3.8) is 0 Å². The third-order valence-corrected chi connectivity index (χ3v) is 3.99. The van der Waals surface area contributed by atoms with Crippen LogP contribution in [0.2, 0.25) is 0 Å². The molecule has 1 aromatic rings. The highest BCUT2D eigenvalue weighted by atomic mass is 19.3. The zero-order valence-corrected chi connectivity index (χ0v) is 12.7. The van der Waals surface area contributed by atoms with Crippen LogP contribution in [-0.2, 0) is 16.7 Å². The van der Waals surface area contributed by atoms with Gasteiger partial charge in [0.05, 0.1) is 11.7 Å². The van der Waals surface area contributed by atoms with E-state index in [1.165, 1.54) is 22.9 Å². The molecule has 1 aliphatic heterocycles. The van der Waals surface area contributed by atoms with E-state index in [9.17, 15) is 18.0 Å². The van der Waals surface area contributed by atoms with Gasteiger partial charge in [-0.3, -0.25) is 0 Å². The molecule has 0 bridgehead atoms. The molecule has 0 spiro atoms.